The van der Waals surface area contributed by atoms with Gasteiger partial charge in [0.1, 0.15) is 17.7 Å². The summed E-state index contributed by atoms with van der Waals surface area (Å²) in [6.45, 7) is 6.14. The first-order chi connectivity index (χ1) is 19.6. The predicted octanol–water partition coefficient (Wildman–Crippen LogP) is 3.45. The summed E-state index contributed by atoms with van der Waals surface area (Å²) in [7, 11) is 0. The lowest BCUT2D eigenvalue weighted by atomic mass is 10.0. The second-order valence-corrected chi connectivity index (χ2v) is 13.1. The van der Waals surface area contributed by atoms with E-state index in [4.69, 9.17) is 4.74 Å². The van der Waals surface area contributed by atoms with E-state index in [1.54, 1.807) is 25.7 Å². The number of ether oxygens (including phenoxy) is 1. The van der Waals surface area contributed by atoms with Gasteiger partial charge in [-0.05, 0) is 68.2 Å². The van der Waals surface area contributed by atoms with Crippen molar-refractivity contribution < 1.29 is 19.1 Å². The molecule has 3 aliphatic heterocycles. The molecule has 6 atom stereocenters. The number of carbonyl (C=O) groups is 3. The first kappa shape index (κ1) is 26.0. The van der Waals surface area contributed by atoms with Gasteiger partial charge in [0.25, 0.3) is 0 Å². The number of benzene rings is 2. The Kier molecular flexibility index (Phi) is 5.91. The molecule has 3 amide bonds. The zero-order valence-corrected chi connectivity index (χ0v) is 23.6. The summed E-state index contributed by atoms with van der Waals surface area (Å²) in [6.07, 6.45) is 1.59. The van der Waals surface area contributed by atoms with Gasteiger partial charge in [0.2, 0.25) is 11.8 Å². The highest BCUT2D eigenvalue weighted by molar-refractivity contribution is 5.90. The SMILES string of the molecule is CC(C)(C)OC(=O)NC(CN1C[C@@H]2CC1C(=O)N2C1c2ccccc2-c2ccccc21)C(=O)N1C(C#N)C[C@@H]2C[C@@H]21. The molecule has 1 saturated carbocycles. The third-order valence-corrected chi connectivity index (χ3v) is 9.31. The fourth-order valence-electron chi connectivity index (χ4n) is 7.60. The van der Waals surface area contributed by atoms with Crippen molar-refractivity contribution in [1.29, 1.82) is 5.26 Å². The number of nitrogens with one attached hydrogen (secondary N) is 1. The summed E-state index contributed by atoms with van der Waals surface area (Å²) in [5, 5.41) is 12.5. The second-order valence-electron chi connectivity index (χ2n) is 13.1. The van der Waals surface area contributed by atoms with Crippen molar-refractivity contribution in [3.8, 4) is 17.2 Å². The minimum atomic E-state index is -0.909. The van der Waals surface area contributed by atoms with Crippen LogP contribution in [-0.2, 0) is 14.3 Å². The van der Waals surface area contributed by atoms with Gasteiger partial charge < -0.3 is 19.9 Å². The molecule has 9 nitrogen and oxygen atoms in total. The molecule has 2 aromatic carbocycles. The number of piperazine rings is 1. The van der Waals surface area contributed by atoms with Crippen LogP contribution in [0.1, 0.15) is 57.2 Å². The second kappa shape index (κ2) is 9.31. The first-order valence-electron chi connectivity index (χ1n) is 14.6. The Hall–Kier alpha value is -3.90. The number of likely N-dealkylation sites (tertiary alicyclic amines) is 3. The Balaban J connectivity index is 1.12. The van der Waals surface area contributed by atoms with E-state index in [0.717, 1.165) is 17.5 Å². The van der Waals surface area contributed by atoms with Gasteiger partial charge >= 0.3 is 6.09 Å². The van der Waals surface area contributed by atoms with Crippen molar-refractivity contribution in [1.82, 2.24) is 20.0 Å². The van der Waals surface area contributed by atoms with E-state index in [0.29, 0.717) is 25.3 Å². The smallest absolute Gasteiger partial charge is 0.408 e. The van der Waals surface area contributed by atoms with Crippen LogP contribution >= 0.6 is 0 Å². The Labute approximate surface area is 240 Å². The van der Waals surface area contributed by atoms with Crippen LogP contribution < -0.4 is 5.32 Å². The Morgan fingerprint density at radius 3 is 2.32 bits per heavy atom. The zero-order valence-electron chi connectivity index (χ0n) is 23.6. The minimum absolute atomic E-state index is 0.000414. The maximum Gasteiger partial charge on any atom is 0.408 e. The highest BCUT2D eigenvalue weighted by Crippen LogP contribution is 2.50. The fraction of sp³-hybridized carbons (Fsp3) is 0.500. The first-order valence-corrected chi connectivity index (χ1v) is 14.6. The molecule has 9 heteroatoms. The monoisotopic (exact) mass is 553 g/mol. The van der Waals surface area contributed by atoms with Crippen LogP contribution in [0.5, 0.6) is 0 Å². The molecule has 2 bridgehead atoms. The number of alkyl carbamates (subject to hydrolysis) is 1. The molecule has 0 radical (unpaired) electrons. The van der Waals surface area contributed by atoms with Gasteiger partial charge in [0.05, 0.1) is 18.2 Å². The van der Waals surface area contributed by atoms with E-state index >= 15 is 0 Å². The topological polar surface area (TPSA) is 106 Å². The number of rotatable bonds is 5. The molecule has 0 aromatic heterocycles. The van der Waals surface area contributed by atoms with Gasteiger partial charge in [0, 0.05) is 25.2 Å². The standard InChI is InChI=1S/C32H35N5O4/c1-32(2,3)41-31(40)34-25(29(38)36-19(15-33)12-18-13-26(18)36)17-35-16-20-14-27(35)30(39)37(20)28-23-10-6-4-8-21(23)22-9-5-7-11-24(22)28/h4-11,18-20,25-28H,12-14,16-17H2,1-3H3,(H,34,40)/t18-,19?,20+,25?,26+,27?/m1/s1. The van der Waals surface area contributed by atoms with Crippen molar-refractivity contribution in [2.24, 2.45) is 5.92 Å². The molecular formula is C32H35N5O4. The van der Waals surface area contributed by atoms with Gasteiger partial charge in [-0.1, -0.05) is 48.5 Å². The van der Waals surface area contributed by atoms with Gasteiger partial charge in [-0.2, -0.15) is 5.26 Å². The summed E-state index contributed by atoms with van der Waals surface area (Å²) in [5.74, 6) is 0.151. The summed E-state index contributed by atoms with van der Waals surface area (Å²) >= 11 is 0. The Bertz CT molecular complexity index is 1430. The number of hydrogen-bond acceptors (Lipinski definition) is 6. The number of nitriles is 1. The average Bonchev–Trinajstić information content (AvgIpc) is 3.21. The van der Waals surface area contributed by atoms with Crippen LogP contribution in [0.15, 0.2) is 48.5 Å². The van der Waals surface area contributed by atoms with Crippen LogP contribution in [0.2, 0.25) is 0 Å². The van der Waals surface area contributed by atoms with Crippen molar-refractivity contribution in [2.45, 2.75) is 81.9 Å². The predicted molar refractivity (Wildman–Crippen MR) is 150 cm³/mol. The van der Waals surface area contributed by atoms with Gasteiger partial charge in [-0.3, -0.25) is 14.5 Å². The third-order valence-electron chi connectivity index (χ3n) is 9.31. The third kappa shape index (κ3) is 4.27. The number of amides is 3. The van der Waals surface area contributed by atoms with Gasteiger partial charge in [-0.15, -0.1) is 0 Å². The Morgan fingerprint density at radius 1 is 1.05 bits per heavy atom. The van der Waals surface area contributed by atoms with E-state index < -0.39 is 23.8 Å². The van der Waals surface area contributed by atoms with E-state index in [9.17, 15) is 19.6 Å². The summed E-state index contributed by atoms with van der Waals surface area (Å²) in [4.78, 5) is 46.4. The molecule has 0 spiro atoms. The zero-order chi connectivity index (χ0) is 28.6. The molecule has 3 saturated heterocycles. The van der Waals surface area contributed by atoms with Crippen LogP contribution in [0, 0.1) is 17.2 Å². The number of hydrogen-bond donors (Lipinski definition) is 1. The number of nitrogens with zero attached hydrogens (tertiary/aromatic N) is 4. The lowest BCUT2D eigenvalue weighted by Gasteiger charge is -2.39. The minimum Gasteiger partial charge on any atom is -0.444 e. The van der Waals surface area contributed by atoms with Crippen LogP contribution in [0.25, 0.3) is 11.1 Å². The molecule has 3 heterocycles. The number of carbonyl (C=O) groups excluding carboxylic acids is 3. The van der Waals surface area contributed by atoms with E-state index in [1.807, 2.05) is 34.1 Å². The Morgan fingerprint density at radius 2 is 1.71 bits per heavy atom. The summed E-state index contributed by atoms with van der Waals surface area (Å²) in [5.41, 5.74) is 3.92. The maximum absolute atomic E-state index is 14.0. The molecule has 5 aliphatic rings. The summed E-state index contributed by atoms with van der Waals surface area (Å²) in [6, 6.07) is 17.0. The van der Waals surface area contributed by atoms with E-state index in [1.165, 1.54) is 11.1 Å². The van der Waals surface area contributed by atoms with E-state index in [2.05, 4.69) is 35.7 Å². The van der Waals surface area contributed by atoms with Crippen molar-refractivity contribution in [3.05, 3.63) is 59.7 Å². The maximum atomic E-state index is 14.0. The highest BCUT2D eigenvalue weighted by Gasteiger charge is 2.57. The fourth-order valence-corrected chi connectivity index (χ4v) is 7.60. The average molecular weight is 554 g/mol. The van der Waals surface area contributed by atoms with Crippen LogP contribution in [0.4, 0.5) is 4.79 Å². The molecule has 41 heavy (non-hydrogen) atoms. The normalized spacial score (nSPS) is 28.6. The van der Waals surface area contributed by atoms with Crippen LogP contribution in [0.3, 0.4) is 0 Å². The van der Waals surface area contributed by atoms with Crippen molar-refractivity contribution in [3.63, 3.8) is 0 Å². The van der Waals surface area contributed by atoms with Crippen LogP contribution in [-0.4, -0.2) is 81.5 Å². The number of piperidine rings is 1. The lowest BCUT2D eigenvalue weighted by Crippen LogP contribution is -2.59. The highest BCUT2D eigenvalue weighted by atomic mass is 16.6. The molecule has 2 aromatic rings. The molecule has 3 unspecified atom stereocenters. The van der Waals surface area contributed by atoms with E-state index in [-0.39, 0.29) is 42.5 Å². The van der Waals surface area contributed by atoms with Crippen molar-refractivity contribution in [2.75, 3.05) is 13.1 Å². The van der Waals surface area contributed by atoms with Crippen molar-refractivity contribution >= 4 is 17.9 Å². The largest absolute Gasteiger partial charge is 0.444 e. The summed E-state index contributed by atoms with van der Waals surface area (Å²) < 4.78 is 5.49. The van der Waals surface area contributed by atoms with Gasteiger partial charge in [0.15, 0.2) is 0 Å². The molecular weight excluding hydrogens is 518 g/mol. The van der Waals surface area contributed by atoms with Gasteiger partial charge in [-0.25, -0.2) is 4.79 Å². The lowest BCUT2D eigenvalue weighted by molar-refractivity contribution is -0.141. The molecule has 2 aliphatic carbocycles. The molecule has 212 valence electrons. The molecule has 1 N–H and O–H groups in total. The molecule has 4 fully saturated rings. The quantitative estimate of drug-likeness (QED) is 0.608. The number of fused-ring (bicyclic) bond motifs is 6. The molecule has 7 rings (SSSR count).